The predicted molar refractivity (Wildman–Crippen MR) is 92.3 cm³/mol. The first-order valence-electron chi connectivity index (χ1n) is 8.48. The Kier molecular flexibility index (Phi) is 5.82. The van der Waals surface area contributed by atoms with Gasteiger partial charge in [0, 0.05) is 13.0 Å². The van der Waals surface area contributed by atoms with Gasteiger partial charge in [0.25, 0.3) is 0 Å². The van der Waals surface area contributed by atoms with Crippen LogP contribution in [-0.2, 0) is 9.53 Å². The summed E-state index contributed by atoms with van der Waals surface area (Å²) >= 11 is 0. The van der Waals surface area contributed by atoms with Crippen molar-refractivity contribution >= 4 is 22.9 Å². The lowest BCUT2D eigenvalue weighted by Gasteiger charge is -2.22. The molecule has 2 aromatic rings. The number of fused-ring (bicyclic) bond motifs is 1. The molecule has 3 heterocycles. The van der Waals surface area contributed by atoms with Crippen LogP contribution in [0.25, 0.3) is 11.2 Å². The third kappa shape index (κ3) is 3.99. The van der Waals surface area contributed by atoms with Crippen molar-refractivity contribution in [2.24, 2.45) is 0 Å². The lowest BCUT2D eigenvalue weighted by molar-refractivity contribution is -0.129. The SMILES string of the molecule is CN(CCCC(=O)NO)CC1OC(n2cnc3c(N)ncnc32)C(O)[C@@H]1O. The van der Waals surface area contributed by atoms with E-state index in [0.29, 0.717) is 30.7 Å². The van der Waals surface area contributed by atoms with Crippen LogP contribution in [0.1, 0.15) is 19.1 Å². The van der Waals surface area contributed by atoms with Gasteiger partial charge in [0.05, 0.1) is 6.33 Å². The van der Waals surface area contributed by atoms with Gasteiger partial charge in [-0.05, 0) is 20.0 Å². The van der Waals surface area contributed by atoms with Crippen LogP contribution in [0.15, 0.2) is 12.7 Å². The van der Waals surface area contributed by atoms with Gasteiger partial charge in [-0.15, -0.1) is 0 Å². The number of carbonyl (C=O) groups excluding carboxylic acids is 1. The van der Waals surface area contributed by atoms with Crippen LogP contribution < -0.4 is 11.2 Å². The Balaban J connectivity index is 1.65. The molecule has 1 aliphatic rings. The van der Waals surface area contributed by atoms with Gasteiger partial charge in [0.2, 0.25) is 5.91 Å². The number of aromatic nitrogens is 4. The van der Waals surface area contributed by atoms with Crippen molar-refractivity contribution in [1.29, 1.82) is 0 Å². The molecule has 2 aromatic heterocycles. The summed E-state index contributed by atoms with van der Waals surface area (Å²) in [4.78, 5) is 25.0. The zero-order valence-corrected chi connectivity index (χ0v) is 14.8. The van der Waals surface area contributed by atoms with Crippen LogP contribution >= 0.6 is 0 Å². The Morgan fingerprint density at radius 2 is 2.15 bits per heavy atom. The molecule has 0 saturated carbocycles. The predicted octanol–water partition coefficient (Wildman–Crippen LogP) is -1.75. The maximum absolute atomic E-state index is 11.0. The summed E-state index contributed by atoms with van der Waals surface area (Å²) < 4.78 is 7.38. The fourth-order valence-corrected chi connectivity index (χ4v) is 3.13. The molecule has 0 spiro atoms. The van der Waals surface area contributed by atoms with E-state index in [1.165, 1.54) is 17.2 Å². The third-order valence-electron chi connectivity index (χ3n) is 4.56. The quantitative estimate of drug-likeness (QED) is 0.273. The maximum Gasteiger partial charge on any atom is 0.243 e. The fraction of sp³-hybridized carbons (Fsp3) is 0.600. The van der Waals surface area contributed by atoms with Gasteiger partial charge in [-0.3, -0.25) is 14.6 Å². The second-order valence-corrected chi connectivity index (χ2v) is 6.53. The average Bonchev–Trinajstić information content (AvgIpc) is 3.19. The van der Waals surface area contributed by atoms with Gasteiger partial charge < -0.3 is 25.6 Å². The summed E-state index contributed by atoms with van der Waals surface area (Å²) in [6, 6.07) is 0. The van der Waals surface area contributed by atoms with E-state index < -0.39 is 30.4 Å². The molecule has 0 aliphatic carbocycles. The first-order valence-corrected chi connectivity index (χ1v) is 8.48. The highest BCUT2D eigenvalue weighted by atomic mass is 16.6. The summed E-state index contributed by atoms with van der Waals surface area (Å²) in [6.07, 6.45) is -0.331. The van der Waals surface area contributed by atoms with Crippen LogP contribution in [0.5, 0.6) is 0 Å². The Morgan fingerprint density at radius 3 is 2.89 bits per heavy atom. The fourth-order valence-electron chi connectivity index (χ4n) is 3.13. The van der Waals surface area contributed by atoms with E-state index in [-0.39, 0.29) is 12.2 Å². The van der Waals surface area contributed by atoms with Gasteiger partial charge in [0.15, 0.2) is 17.7 Å². The van der Waals surface area contributed by atoms with Gasteiger partial charge in [-0.2, -0.15) is 0 Å². The zero-order valence-electron chi connectivity index (χ0n) is 14.8. The molecule has 1 amide bonds. The van der Waals surface area contributed by atoms with E-state index in [0.717, 1.165) is 0 Å². The van der Waals surface area contributed by atoms with Crippen LogP contribution in [0.2, 0.25) is 0 Å². The molecule has 0 aromatic carbocycles. The van der Waals surface area contributed by atoms with Crippen molar-refractivity contribution in [1.82, 2.24) is 29.9 Å². The summed E-state index contributed by atoms with van der Waals surface area (Å²) in [5, 5.41) is 29.3. The topological polar surface area (TPSA) is 172 Å². The van der Waals surface area contributed by atoms with E-state index in [4.69, 9.17) is 15.7 Å². The number of anilines is 1. The van der Waals surface area contributed by atoms with Crippen LogP contribution in [-0.4, -0.2) is 84.2 Å². The van der Waals surface area contributed by atoms with Crippen molar-refractivity contribution in [3.05, 3.63) is 12.7 Å². The Bertz CT molecular complexity index is 800. The highest BCUT2D eigenvalue weighted by Crippen LogP contribution is 2.32. The monoisotopic (exact) mass is 381 g/mol. The molecule has 1 saturated heterocycles. The highest BCUT2D eigenvalue weighted by molar-refractivity contribution is 5.81. The lowest BCUT2D eigenvalue weighted by Crippen LogP contribution is -2.39. The Morgan fingerprint density at radius 1 is 1.37 bits per heavy atom. The third-order valence-corrected chi connectivity index (χ3v) is 4.56. The molecule has 3 unspecified atom stereocenters. The number of aliphatic hydroxyl groups is 2. The van der Waals surface area contributed by atoms with Crippen molar-refractivity contribution in [2.45, 2.75) is 37.4 Å². The van der Waals surface area contributed by atoms with E-state index in [1.807, 2.05) is 11.9 Å². The van der Waals surface area contributed by atoms with Gasteiger partial charge >= 0.3 is 0 Å². The number of nitrogens with one attached hydrogen (secondary N) is 1. The van der Waals surface area contributed by atoms with Crippen molar-refractivity contribution in [2.75, 3.05) is 25.9 Å². The molecule has 0 radical (unpaired) electrons. The molecule has 1 aliphatic heterocycles. The number of nitrogens with zero attached hydrogens (tertiary/aromatic N) is 5. The second-order valence-electron chi connectivity index (χ2n) is 6.53. The van der Waals surface area contributed by atoms with E-state index in [9.17, 15) is 15.0 Å². The number of hydrogen-bond donors (Lipinski definition) is 5. The zero-order chi connectivity index (χ0) is 19.6. The number of hydrogen-bond acceptors (Lipinski definition) is 10. The summed E-state index contributed by atoms with van der Waals surface area (Å²) in [5.41, 5.74) is 8.15. The summed E-state index contributed by atoms with van der Waals surface area (Å²) in [5.74, 6) is -0.237. The minimum Gasteiger partial charge on any atom is -0.387 e. The molecule has 27 heavy (non-hydrogen) atoms. The minimum atomic E-state index is -1.17. The molecule has 4 atom stereocenters. The molecule has 12 nitrogen and oxygen atoms in total. The number of likely N-dealkylation sites (N-methyl/N-ethyl adjacent to an activating group) is 1. The number of imidazole rings is 1. The van der Waals surface area contributed by atoms with E-state index in [1.54, 1.807) is 5.48 Å². The van der Waals surface area contributed by atoms with Crippen molar-refractivity contribution in [3.8, 4) is 0 Å². The number of ether oxygens (including phenoxy) is 1. The normalized spacial score (nSPS) is 25.4. The standard InChI is InChI=1S/C15H23N7O5/c1-21(4-2-3-9(23)20-26)5-8-11(24)12(25)15(27-8)22-7-19-10-13(16)17-6-18-14(10)22/h6-8,11-12,15,24-26H,2-5H2,1H3,(H,20,23)(H2,16,17,18)/t8?,11-,12?,15?/m1/s1. The molecular weight excluding hydrogens is 358 g/mol. The van der Waals surface area contributed by atoms with Gasteiger partial charge in [0.1, 0.15) is 30.2 Å². The first kappa shape index (κ1) is 19.4. The van der Waals surface area contributed by atoms with Crippen LogP contribution in [0, 0.1) is 0 Å². The number of rotatable bonds is 7. The molecule has 1 fully saturated rings. The van der Waals surface area contributed by atoms with E-state index in [2.05, 4.69) is 15.0 Å². The van der Waals surface area contributed by atoms with E-state index >= 15 is 0 Å². The number of amides is 1. The Hall–Kier alpha value is -2.38. The van der Waals surface area contributed by atoms with Crippen molar-refractivity contribution < 1.29 is 25.0 Å². The molecule has 3 rings (SSSR count). The first-order chi connectivity index (χ1) is 12.9. The second kappa shape index (κ2) is 8.10. The van der Waals surface area contributed by atoms with Crippen LogP contribution in [0.4, 0.5) is 5.82 Å². The average molecular weight is 381 g/mol. The molecular formula is C15H23N7O5. The number of hydroxylamine groups is 1. The number of carbonyl (C=O) groups is 1. The molecule has 148 valence electrons. The van der Waals surface area contributed by atoms with Gasteiger partial charge in [-0.1, -0.05) is 0 Å². The summed E-state index contributed by atoms with van der Waals surface area (Å²) in [7, 11) is 1.81. The Labute approximate surface area is 154 Å². The molecule has 0 bridgehead atoms. The van der Waals surface area contributed by atoms with Crippen LogP contribution in [0.3, 0.4) is 0 Å². The number of aliphatic hydroxyl groups excluding tert-OH is 2. The van der Waals surface area contributed by atoms with Gasteiger partial charge in [-0.25, -0.2) is 20.4 Å². The molecule has 12 heteroatoms. The highest BCUT2D eigenvalue weighted by Gasteiger charge is 2.44. The smallest absolute Gasteiger partial charge is 0.243 e. The maximum atomic E-state index is 11.0. The largest absolute Gasteiger partial charge is 0.387 e. The number of nitrogens with two attached hydrogens (primary N) is 1. The number of nitrogen functional groups attached to an aromatic ring is 1. The lowest BCUT2D eigenvalue weighted by atomic mass is 10.1. The summed E-state index contributed by atoms with van der Waals surface area (Å²) in [6.45, 7) is 0.901. The molecule has 6 N–H and O–H groups in total. The van der Waals surface area contributed by atoms with Crippen molar-refractivity contribution in [3.63, 3.8) is 0 Å². The minimum absolute atomic E-state index is 0.183.